The Morgan fingerprint density at radius 1 is 1.08 bits per heavy atom. The maximum Gasteiger partial charge on any atom is 0.277 e. The minimum absolute atomic E-state index is 0.0873. The zero-order valence-electron chi connectivity index (χ0n) is 13.7. The minimum Gasteiger partial charge on any atom is -0.350 e. The predicted molar refractivity (Wildman–Crippen MR) is 97.1 cm³/mol. The molecule has 0 atom stereocenters. The molecular weight excluding hydrogens is 448 g/mol. The molecule has 8 heteroatoms. The number of benzene rings is 2. The van der Waals surface area contributed by atoms with Gasteiger partial charge >= 0.3 is 0 Å². The Bertz CT molecular complexity index is 807. The highest BCUT2D eigenvalue weighted by molar-refractivity contribution is 14.1. The van der Waals surface area contributed by atoms with E-state index in [0.29, 0.717) is 3.57 Å². The highest BCUT2D eigenvalue weighted by atomic mass is 127. The molecule has 0 heterocycles. The fourth-order valence-electron chi connectivity index (χ4n) is 1.84. The molecule has 0 aliphatic heterocycles. The van der Waals surface area contributed by atoms with Crippen molar-refractivity contribution in [2.24, 2.45) is 0 Å². The van der Waals surface area contributed by atoms with Crippen LogP contribution < -0.4 is 10.8 Å². The van der Waals surface area contributed by atoms with E-state index in [1.54, 1.807) is 26.8 Å². The Kier molecular flexibility index (Phi) is 5.94. The van der Waals surface area contributed by atoms with Crippen LogP contribution in [-0.2, 0) is 4.84 Å². The molecule has 25 heavy (non-hydrogen) atoms. The molecule has 0 spiro atoms. The Balaban J connectivity index is 2.38. The van der Waals surface area contributed by atoms with Crippen LogP contribution in [0.4, 0.5) is 24.5 Å². The van der Waals surface area contributed by atoms with Gasteiger partial charge in [-0.15, -0.1) is 0 Å². The van der Waals surface area contributed by atoms with Crippen LogP contribution in [0.2, 0.25) is 0 Å². The van der Waals surface area contributed by atoms with E-state index < -0.39 is 34.6 Å². The quantitative estimate of drug-likeness (QED) is 0.500. The van der Waals surface area contributed by atoms with Gasteiger partial charge in [0.25, 0.3) is 5.91 Å². The topological polar surface area (TPSA) is 50.4 Å². The molecule has 1 amide bonds. The molecule has 134 valence electrons. The number of hydrogen-bond donors (Lipinski definition) is 2. The van der Waals surface area contributed by atoms with Crippen LogP contribution >= 0.6 is 22.6 Å². The average molecular weight is 464 g/mol. The summed E-state index contributed by atoms with van der Waals surface area (Å²) in [5, 5.41) is 2.45. The van der Waals surface area contributed by atoms with E-state index >= 15 is 0 Å². The molecule has 2 N–H and O–H groups in total. The van der Waals surface area contributed by atoms with Crippen LogP contribution in [0.25, 0.3) is 0 Å². The summed E-state index contributed by atoms with van der Waals surface area (Å²) in [5.41, 5.74) is 0.711. The summed E-state index contributed by atoms with van der Waals surface area (Å²) in [6.45, 7) is 5.12. The van der Waals surface area contributed by atoms with Crippen molar-refractivity contribution in [2.75, 3.05) is 5.32 Å². The molecule has 0 radical (unpaired) electrons. The van der Waals surface area contributed by atoms with Crippen molar-refractivity contribution in [1.29, 1.82) is 0 Å². The van der Waals surface area contributed by atoms with E-state index in [2.05, 4.69) is 10.8 Å². The lowest BCUT2D eigenvalue weighted by molar-refractivity contribution is -0.0589. The number of anilines is 2. The molecule has 0 aliphatic carbocycles. The molecule has 0 bridgehead atoms. The van der Waals surface area contributed by atoms with Gasteiger partial charge in [0, 0.05) is 3.57 Å². The molecule has 2 rings (SSSR count). The van der Waals surface area contributed by atoms with Crippen molar-refractivity contribution >= 4 is 39.9 Å². The number of carbonyl (C=O) groups is 1. The number of carbonyl (C=O) groups excluding carboxylic acids is 1. The fourth-order valence-corrected chi connectivity index (χ4v) is 2.30. The third-order valence-corrected chi connectivity index (χ3v) is 3.65. The average Bonchev–Trinajstić information content (AvgIpc) is 2.51. The van der Waals surface area contributed by atoms with E-state index in [1.165, 1.54) is 12.1 Å². The summed E-state index contributed by atoms with van der Waals surface area (Å²) in [5.74, 6) is -3.90. The number of hydroxylamine groups is 1. The highest BCUT2D eigenvalue weighted by Crippen LogP contribution is 2.28. The van der Waals surface area contributed by atoms with Gasteiger partial charge in [-0.25, -0.2) is 18.7 Å². The van der Waals surface area contributed by atoms with E-state index in [4.69, 9.17) is 4.84 Å². The molecule has 0 saturated heterocycles. The van der Waals surface area contributed by atoms with Crippen LogP contribution in [0.5, 0.6) is 0 Å². The molecule has 2 aromatic carbocycles. The first-order valence-electron chi connectivity index (χ1n) is 7.27. The van der Waals surface area contributed by atoms with Gasteiger partial charge in [0.05, 0.1) is 22.5 Å². The zero-order valence-corrected chi connectivity index (χ0v) is 15.9. The summed E-state index contributed by atoms with van der Waals surface area (Å²) in [4.78, 5) is 17.4. The second-order valence-electron chi connectivity index (χ2n) is 6.18. The number of hydrogen-bond acceptors (Lipinski definition) is 3. The molecule has 0 fully saturated rings. The third-order valence-electron chi connectivity index (χ3n) is 2.98. The normalized spacial score (nSPS) is 11.3. The van der Waals surface area contributed by atoms with Gasteiger partial charge in [0.15, 0.2) is 11.6 Å². The number of amides is 1. The number of halogens is 4. The van der Waals surface area contributed by atoms with Gasteiger partial charge in [-0.1, -0.05) is 0 Å². The second-order valence-corrected chi connectivity index (χ2v) is 7.42. The summed E-state index contributed by atoms with van der Waals surface area (Å²) >= 11 is 1.92. The Morgan fingerprint density at radius 2 is 1.76 bits per heavy atom. The molecule has 2 aromatic rings. The standard InChI is InChI=1S/C17H16F3IN2O2/c1-17(2,3)25-23-16(24)10-5-6-11(18)14(20)15(10)22-13-7-4-9(21)8-12(13)19/h4-8,22H,1-3H3,(H,23,24). The lowest BCUT2D eigenvalue weighted by Crippen LogP contribution is -2.34. The summed E-state index contributed by atoms with van der Waals surface area (Å²) in [6.07, 6.45) is 0. The first kappa shape index (κ1) is 19.5. The molecule has 4 nitrogen and oxygen atoms in total. The van der Waals surface area contributed by atoms with Crippen molar-refractivity contribution in [3.05, 3.63) is 56.9 Å². The molecule has 0 saturated carbocycles. The third kappa shape index (κ3) is 5.08. The minimum atomic E-state index is -1.29. The Hall–Kier alpha value is -1.81. The smallest absolute Gasteiger partial charge is 0.277 e. The lowest BCUT2D eigenvalue weighted by atomic mass is 10.1. The second kappa shape index (κ2) is 7.61. The van der Waals surface area contributed by atoms with Crippen molar-refractivity contribution in [2.45, 2.75) is 26.4 Å². The predicted octanol–water partition coefficient (Wildman–Crippen LogP) is 4.91. The Labute approximate surface area is 156 Å². The first-order chi connectivity index (χ1) is 11.6. The zero-order chi connectivity index (χ0) is 18.8. The van der Waals surface area contributed by atoms with Gasteiger partial charge in [0.2, 0.25) is 0 Å². The largest absolute Gasteiger partial charge is 0.350 e. The molecule has 0 unspecified atom stereocenters. The Morgan fingerprint density at radius 3 is 2.36 bits per heavy atom. The van der Waals surface area contributed by atoms with E-state index in [-0.39, 0.29) is 11.3 Å². The van der Waals surface area contributed by atoms with E-state index in [1.807, 2.05) is 22.6 Å². The van der Waals surface area contributed by atoms with Crippen molar-refractivity contribution in [1.82, 2.24) is 5.48 Å². The molecular formula is C17H16F3IN2O2. The number of rotatable bonds is 4. The summed E-state index contributed by atoms with van der Waals surface area (Å²) in [6, 6.07) is 6.09. The van der Waals surface area contributed by atoms with Gasteiger partial charge < -0.3 is 5.32 Å². The van der Waals surface area contributed by atoms with E-state index in [9.17, 15) is 18.0 Å². The van der Waals surface area contributed by atoms with Gasteiger partial charge in [-0.2, -0.15) is 0 Å². The summed E-state index contributed by atoms with van der Waals surface area (Å²) < 4.78 is 42.4. The fraction of sp³-hybridized carbons (Fsp3) is 0.235. The van der Waals surface area contributed by atoms with Crippen LogP contribution in [0.15, 0.2) is 30.3 Å². The maximum absolute atomic E-state index is 14.2. The van der Waals surface area contributed by atoms with Crippen LogP contribution in [0.1, 0.15) is 31.1 Å². The van der Waals surface area contributed by atoms with Gasteiger partial charge in [-0.05, 0) is 73.7 Å². The SMILES string of the molecule is CC(C)(C)ONC(=O)c1ccc(F)c(F)c1Nc1ccc(I)cc1F. The highest BCUT2D eigenvalue weighted by Gasteiger charge is 2.22. The monoisotopic (exact) mass is 464 g/mol. The van der Waals surface area contributed by atoms with Gasteiger partial charge in [-0.3, -0.25) is 9.63 Å². The van der Waals surface area contributed by atoms with Crippen molar-refractivity contribution < 1.29 is 22.8 Å². The van der Waals surface area contributed by atoms with E-state index in [0.717, 1.165) is 12.1 Å². The van der Waals surface area contributed by atoms with Crippen molar-refractivity contribution in [3.8, 4) is 0 Å². The van der Waals surface area contributed by atoms with Gasteiger partial charge in [0.1, 0.15) is 5.82 Å². The summed E-state index contributed by atoms with van der Waals surface area (Å²) in [7, 11) is 0. The van der Waals surface area contributed by atoms with Crippen LogP contribution in [0, 0.1) is 21.0 Å². The maximum atomic E-state index is 14.2. The van der Waals surface area contributed by atoms with Crippen LogP contribution in [0.3, 0.4) is 0 Å². The number of nitrogens with one attached hydrogen (secondary N) is 2. The molecule has 0 aliphatic rings. The molecule has 0 aromatic heterocycles. The first-order valence-corrected chi connectivity index (χ1v) is 8.35. The lowest BCUT2D eigenvalue weighted by Gasteiger charge is -2.20. The van der Waals surface area contributed by atoms with Crippen LogP contribution in [-0.4, -0.2) is 11.5 Å². The van der Waals surface area contributed by atoms with Crippen molar-refractivity contribution in [3.63, 3.8) is 0 Å².